The van der Waals surface area contributed by atoms with E-state index in [2.05, 4.69) is 22.2 Å². The van der Waals surface area contributed by atoms with Crippen LogP contribution < -0.4 is 5.32 Å². The van der Waals surface area contributed by atoms with Crippen LogP contribution in [0.25, 0.3) is 0 Å². The molecule has 2 aliphatic heterocycles. The summed E-state index contributed by atoms with van der Waals surface area (Å²) in [6.07, 6.45) is 3.31. The maximum Gasteiger partial charge on any atom is 0.251 e. The molecule has 3 rings (SSSR count). The Hall–Kier alpha value is -1.48. The Labute approximate surface area is 168 Å². The molecule has 2 saturated heterocycles. The number of hydrogen-bond acceptors (Lipinski definition) is 5. The number of sulfonamides is 1. The van der Waals surface area contributed by atoms with E-state index in [0.29, 0.717) is 31.1 Å². The van der Waals surface area contributed by atoms with Crippen LogP contribution in [-0.4, -0.2) is 88.3 Å². The molecule has 156 valence electrons. The van der Waals surface area contributed by atoms with Crippen LogP contribution in [-0.2, 0) is 10.0 Å². The second kappa shape index (κ2) is 9.35. The first-order chi connectivity index (χ1) is 13.4. The van der Waals surface area contributed by atoms with E-state index in [1.54, 1.807) is 18.2 Å². The Morgan fingerprint density at radius 1 is 1.04 bits per heavy atom. The lowest BCUT2D eigenvalue weighted by Gasteiger charge is -2.31. The normalized spacial score (nSPS) is 20.9. The minimum atomic E-state index is -3.56. The van der Waals surface area contributed by atoms with Crippen LogP contribution in [0.15, 0.2) is 29.2 Å². The molecule has 0 bridgehead atoms. The number of rotatable bonds is 6. The second-order valence-electron chi connectivity index (χ2n) is 8.03. The van der Waals surface area contributed by atoms with E-state index >= 15 is 0 Å². The maximum absolute atomic E-state index is 12.9. The largest absolute Gasteiger partial charge is 0.352 e. The molecule has 0 radical (unpaired) electrons. The summed E-state index contributed by atoms with van der Waals surface area (Å²) in [5.74, 6) is 0.448. The van der Waals surface area contributed by atoms with Crippen LogP contribution in [0.4, 0.5) is 0 Å². The van der Waals surface area contributed by atoms with Crippen LogP contribution in [0.2, 0.25) is 0 Å². The van der Waals surface area contributed by atoms with Crippen LogP contribution >= 0.6 is 0 Å². The molecule has 28 heavy (non-hydrogen) atoms. The van der Waals surface area contributed by atoms with Crippen molar-refractivity contribution >= 4 is 15.9 Å². The summed E-state index contributed by atoms with van der Waals surface area (Å²) < 4.78 is 27.3. The monoisotopic (exact) mass is 408 g/mol. The summed E-state index contributed by atoms with van der Waals surface area (Å²) >= 11 is 0. The highest BCUT2D eigenvalue weighted by molar-refractivity contribution is 7.89. The first kappa shape index (κ1) is 21.2. The summed E-state index contributed by atoms with van der Waals surface area (Å²) in [4.78, 5) is 17.1. The van der Waals surface area contributed by atoms with Crippen LogP contribution in [0, 0.1) is 5.92 Å². The van der Waals surface area contributed by atoms with Gasteiger partial charge in [-0.25, -0.2) is 8.42 Å². The predicted octanol–water partition coefficient (Wildman–Crippen LogP) is 1.08. The first-order valence-corrected chi connectivity index (χ1v) is 11.6. The van der Waals surface area contributed by atoms with Gasteiger partial charge in [0.1, 0.15) is 0 Å². The van der Waals surface area contributed by atoms with Crippen molar-refractivity contribution in [1.82, 2.24) is 19.4 Å². The number of piperidine rings is 1. The van der Waals surface area contributed by atoms with Gasteiger partial charge in [-0.2, -0.15) is 4.31 Å². The lowest BCUT2D eigenvalue weighted by Crippen LogP contribution is -2.47. The van der Waals surface area contributed by atoms with Gasteiger partial charge in [0.15, 0.2) is 0 Å². The number of nitrogens with one attached hydrogen (secondary N) is 1. The SMILES string of the molecule is CN1CCC(CCNC(=O)c2cccc(S(=O)(=O)N3CCN(C)CC3)c2)CC1. The Morgan fingerprint density at radius 3 is 2.36 bits per heavy atom. The fourth-order valence-corrected chi connectivity index (χ4v) is 5.29. The smallest absolute Gasteiger partial charge is 0.251 e. The van der Waals surface area contributed by atoms with Gasteiger partial charge < -0.3 is 15.1 Å². The van der Waals surface area contributed by atoms with Crippen molar-refractivity contribution < 1.29 is 13.2 Å². The van der Waals surface area contributed by atoms with Gasteiger partial charge in [-0.15, -0.1) is 0 Å². The molecular weight excluding hydrogens is 376 g/mol. The summed E-state index contributed by atoms with van der Waals surface area (Å²) in [6, 6.07) is 6.39. The van der Waals surface area contributed by atoms with Crippen molar-refractivity contribution in [2.45, 2.75) is 24.2 Å². The van der Waals surface area contributed by atoms with Crippen LogP contribution in [0.5, 0.6) is 0 Å². The molecule has 1 aromatic carbocycles. The third-order valence-electron chi connectivity index (χ3n) is 5.87. The maximum atomic E-state index is 12.9. The number of nitrogens with zero attached hydrogens (tertiary/aromatic N) is 3. The molecule has 7 nitrogen and oxygen atoms in total. The van der Waals surface area contributed by atoms with Crippen molar-refractivity contribution in [3.05, 3.63) is 29.8 Å². The van der Waals surface area contributed by atoms with Gasteiger partial charge in [0.25, 0.3) is 5.91 Å². The van der Waals surface area contributed by atoms with E-state index in [9.17, 15) is 13.2 Å². The molecule has 2 heterocycles. The van der Waals surface area contributed by atoms with Crippen molar-refractivity contribution in [3.63, 3.8) is 0 Å². The number of likely N-dealkylation sites (tertiary alicyclic amines) is 1. The van der Waals surface area contributed by atoms with Crippen molar-refractivity contribution in [3.8, 4) is 0 Å². The second-order valence-corrected chi connectivity index (χ2v) is 9.96. The number of benzene rings is 1. The summed E-state index contributed by atoms with van der Waals surface area (Å²) in [5, 5.41) is 2.95. The molecule has 1 aromatic rings. The van der Waals surface area contributed by atoms with Crippen LogP contribution in [0.3, 0.4) is 0 Å². The highest BCUT2D eigenvalue weighted by Gasteiger charge is 2.28. The Morgan fingerprint density at radius 2 is 1.68 bits per heavy atom. The summed E-state index contributed by atoms with van der Waals surface area (Å²) in [6.45, 7) is 5.25. The quantitative estimate of drug-likeness (QED) is 0.763. The van der Waals surface area contributed by atoms with E-state index in [0.717, 1.165) is 32.6 Å². The molecule has 0 saturated carbocycles. The lowest BCUT2D eigenvalue weighted by atomic mass is 9.94. The van der Waals surface area contributed by atoms with Gasteiger partial charge in [0.2, 0.25) is 10.0 Å². The molecule has 0 aromatic heterocycles. The molecule has 0 unspecified atom stereocenters. The van der Waals surface area contributed by atoms with E-state index < -0.39 is 10.0 Å². The van der Waals surface area contributed by atoms with Crippen LogP contribution in [0.1, 0.15) is 29.6 Å². The first-order valence-electron chi connectivity index (χ1n) is 10.1. The van der Waals surface area contributed by atoms with E-state index in [1.165, 1.54) is 23.2 Å². The van der Waals surface area contributed by atoms with Crippen molar-refractivity contribution in [1.29, 1.82) is 0 Å². The summed E-state index contributed by atoms with van der Waals surface area (Å²) in [5.41, 5.74) is 0.401. The average Bonchev–Trinajstić information content (AvgIpc) is 2.70. The highest BCUT2D eigenvalue weighted by atomic mass is 32.2. The average molecular weight is 409 g/mol. The standard InChI is InChI=1S/C20H32N4O3S/c1-22-10-7-17(8-11-22)6-9-21-20(25)18-4-3-5-19(16-18)28(26,27)24-14-12-23(2)13-15-24/h3-5,16-17H,6-15H2,1-2H3,(H,21,25). The van der Waals surface area contributed by atoms with Gasteiger partial charge in [0.05, 0.1) is 4.90 Å². The third kappa shape index (κ3) is 5.31. The topological polar surface area (TPSA) is 73.0 Å². The van der Waals surface area contributed by atoms with E-state index in [-0.39, 0.29) is 10.8 Å². The van der Waals surface area contributed by atoms with Gasteiger partial charge in [-0.1, -0.05) is 6.07 Å². The molecular formula is C20H32N4O3S. The number of carbonyl (C=O) groups excluding carboxylic acids is 1. The van der Waals surface area contributed by atoms with E-state index in [4.69, 9.17) is 0 Å². The van der Waals surface area contributed by atoms with Gasteiger partial charge in [0, 0.05) is 38.3 Å². The van der Waals surface area contributed by atoms with Gasteiger partial charge in [-0.3, -0.25) is 4.79 Å². The minimum Gasteiger partial charge on any atom is -0.352 e. The number of carbonyl (C=O) groups is 1. The Balaban J connectivity index is 1.57. The number of hydrogen-bond donors (Lipinski definition) is 1. The molecule has 0 atom stereocenters. The molecule has 2 aliphatic rings. The fourth-order valence-electron chi connectivity index (χ4n) is 3.82. The summed E-state index contributed by atoms with van der Waals surface area (Å²) in [7, 11) is 0.564. The zero-order chi connectivity index (χ0) is 20.1. The fraction of sp³-hybridized carbons (Fsp3) is 0.650. The highest BCUT2D eigenvalue weighted by Crippen LogP contribution is 2.20. The lowest BCUT2D eigenvalue weighted by molar-refractivity contribution is 0.0948. The Kier molecular flexibility index (Phi) is 7.09. The number of piperazine rings is 1. The van der Waals surface area contributed by atoms with Gasteiger partial charge in [-0.05, 0) is 70.6 Å². The molecule has 1 amide bonds. The van der Waals surface area contributed by atoms with Gasteiger partial charge >= 0.3 is 0 Å². The molecule has 8 heteroatoms. The minimum absolute atomic E-state index is 0.194. The van der Waals surface area contributed by atoms with E-state index in [1.807, 2.05) is 7.05 Å². The molecule has 1 N–H and O–H groups in total. The number of amides is 1. The molecule has 0 aliphatic carbocycles. The van der Waals surface area contributed by atoms with Crippen molar-refractivity contribution in [2.24, 2.45) is 5.92 Å². The number of likely N-dealkylation sites (N-methyl/N-ethyl adjacent to an activating group) is 1. The zero-order valence-corrected chi connectivity index (χ0v) is 17.7. The predicted molar refractivity (Wildman–Crippen MR) is 110 cm³/mol. The zero-order valence-electron chi connectivity index (χ0n) is 16.9. The van der Waals surface area contributed by atoms with Crippen molar-refractivity contribution in [2.75, 3.05) is 59.9 Å². The molecule has 2 fully saturated rings. The third-order valence-corrected chi connectivity index (χ3v) is 7.77. The Bertz CT molecular complexity index is 767. The molecule has 0 spiro atoms.